The van der Waals surface area contributed by atoms with Gasteiger partial charge in [0.1, 0.15) is 6.61 Å². The number of aliphatic hydroxyl groups excluding tert-OH is 1. The normalized spacial score (nSPS) is 12.2. The van der Waals surface area contributed by atoms with Crippen LogP contribution in [0.2, 0.25) is 5.02 Å². The predicted octanol–water partition coefficient (Wildman–Crippen LogP) is 1.53. The molecule has 4 nitrogen and oxygen atoms in total. The fourth-order valence-electron chi connectivity index (χ4n) is 1.41. The number of aliphatic hydroxyl groups is 1. The molecule has 94 valence electrons. The number of ether oxygens (including phenoxy) is 1. The van der Waals surface area contributed by atoms with Crippen LogP contribution in [0.1, 0.15) is 18.1 Å². The molecule has 17 heavy (non-hydrogen) atoms. The zero-order valence-corrected chi connectivity index (χ0v) is 10.4. The van der Waals surface area contributed by atoms with Crippen LogP contribution in [0.25, 0.3) is 0 Å². The first-order valence-corrected chi connectivity index (χ1v) is 5.70. The highest BCUT2D eigenvalue weighted by atomic mass is 35.5. The number of rotatable bonds is 6. The molecule has 1 aromatic rings. The average Bonchev–Trinajstić information content (AvgIpc) is 2.29. The average molecular weight is 258 g/mol. The van der Waals surface area contributed by atoms with Crippen molar-refractivity contribution in [1.82, 2.24) is 5.32 Å². The van der Waals surface area contributed by atoms with Gasteiger partial charge in [0.05, 0.1) is 6.10 Å². The van der Waals surface area contributed by atoms with Crippen LogP contribution in [0, 0.1) is 0 Å². The molecule has 5 heteroatoms. The Morgan fingerprint density at radius 3 is 3.00 bits per heavy atom. The number of benzene rings is 1. The first kappa shape index (κ1) is 14.0. The summed E-state index contributed by atoms with van der Waals surface area (Å²) in [4.78, 5) is 11.1. The summed E-state index contributed by atoms with van der Waals surface area (Å²) in [6, 6.07) is 7.04. The van der Waals surface area contributed by atoms with Crippen molar-refractivity contribution in [3.8, 4) is 0 Å². The first-order valence-electron chi connectivity index (χ1n) is 5.32. The number of nitrogens with one attached hydrogen (secondary N) is 1. The van der Waals surface area contributed by atoms with Gasteiger partial charge < -0.3 is 15.2 Å². The minimum atomic E-state index is -0.628. The lowest BCUT2D eigenvalue weighted by Gasteiger charge is -2.11. The Kier molecular flexibility index (Phi) is 5.97. The van der Waals surface area contributed by atoms with E-state index in [0.717, 1.165) is 5.56 Å². The topological polar surface area (TPSA) is 58.6 Å². The second kappa shape index (κ2) is 7.27. The molecule has 0 aromatic heterocycles. The fourth-order valence-corrected chi connectivity index (χ4v) is 1.61. The van der Waals surface area contributed by atoms with Crippen LogP contribution in [0.4, 0.5) is 0 Å². The molecule has 0 bridgehead atoms. The van der Waals surface area contributed by atoms with Crippen LogP contribution in [0.15, 0.2) is 24.3 Å². The van der Waals surface area contributed by atoms with Crippen LogP contribution in [0.3, 0.4) is 0 Å². The Labute approximate surface area is 106 Å². The lowest BCUT2D eigenvalue weighted by molar-refractivity contribution is -0.124. The van der Waals surface area contributed by atoms with Gasteiger partial charge >= 0.3 is 0 Å². The summed E-state index contributed by atoms with van der Waals surface area (Å²) in [6.45, 7) is 0.434. The molecular formula is C12H16ClNO3. The third-order valence-electron chi connectivity index (χ3n) is 2.25. The van der Waals surface area contributed by atoms with Crippen molar-refractivity contribution in [3.63, 3.8) is 0 Å². The first-order chi connectivity index (χ1) is 8.13. The van der Waals surface area contributed by atoms with Gasteiger partial charge in [-0.15, -0.1) is 0 Å². The van der Waals surface area contributed by atoms with Crippen LogP contribution < -0.4 is 5.32 Å². The molecule has 1 aromatic carbocycles. The molecule has 0 radical (unpaired) electrons. The predicted molar refractivity (Wildman–Crippen MR) is 65.9 cm³/mol. The van der Waals surface area contributed by atoms with Gasteiger partial charge in [0.25, 0.3) is 0 Å². The van der Waals surface area contributed by atoms with Crippen LogP contribution in [0.5, 0.6) is 0 Å². The summed E-state index contributed by atoms with van der Waals surface area (Å²) in [6.07, 6.45) is -0.188. The highest BCUT2D eigenvalue weighted by Gasteiger charge is 2.08. The van der Waals surface area contributed by atoms with Crippen molar-refractivity contribution in [2.45, 2.75) is 12.5 Å². The number of halogens is 1. The van der Waals surface area contributed by atoms with E-state index in [4.69, 9.17) is 11.6 Å². The van der Waals surface area contributed by atoms with E-state index in [0.29, 0.717) is 18.0 Å². The number of amides is 1. The molecule has 1 rings (SSSR count). The molecule has 0 aliphatic carbocycles. The number of hydrogen-bond acceptors (Lipinski definition) is 3. The van der Waals surface area contributed by atoms with Gasteiger partial charge in [-0.3, -0.25) is 4.79 Å². The lowest BCUT2D eigenvalue weighted by atomic mass is 10.1. The van der Waals surface area contributed by atoms with Crippen molar-refractivity contribution in [1.29, 1.82) is 0 Å². The summed E-state index contributed by atoms with van der Waals surface area (Å²) in [7, 11) is 1.46. The van der Waals surface area contributed by atoms with Gasteiger partial charge in [0.15, 0.2) is 0 Å². The highest BCUT2D eigenvalue weighted by Crippen LogP contribution is 2.19. The Morgan fingerprint density at radius 1 is 1.59 bits per heavy atom. The number of carbonyl (C=O) groups excluding carboxylic acids is 1. The minimum Gasteiger partial charge on any atom is -0.388 e. The molecule has 0 saturated carbocycles. The highest BCUT2D eigenvalue weighted by molar-refractivity contribution is 6.30. The summed E-state index contributed by atoms with van der Waals surface area (Å²) in [5.74, 6) is -0.189. The smallest absolute Gasteiger partial charge is 0.245 e. The van der Waals surface area contributed by atoms with Crippen LogP contribution in [-0.4, -0.2) is 31.3 Å². The number of hydrogen-bond donors (Lipinski definition) is 2. The quantitative estimate of drug-likeness (QED) is 0.813. The Balaban J connectivity index is 2.35. The van der Waals surface area contributed by atoms with E-state index in [1.54, 1.807) is 24.3 Å². The van der Waals surface area contributed by atoms with Crippen LogP contribution >= 0.6 is 11.6 Å². The van der Waals surface area contributed by atoms with E-state index in [2.05, 4.69) is 10.1 Å². The molecule has 1 amide bonds. The van der Waals surface area contributed by atoms with Gasteiger partial charge in [0.2, 0.25) is 5.91 Å². The molecule has 0 aliphatic heterocycles. The third-order valence-corrected chi connectivity index (χ3v) is 2.48. The molecule has 0 fully saturated rings. The summed E-state index contributed by atoms with van der Waals surface area (Å²) in [5.41, 5.74) is 0.749. The summed E-state index contributed by atoms with van der Waals surface area (Å²) >= 11 is 5.82. The van der Waals surface area contributed by atoms with Gasteiger partial charge in [-0.05, 0) is 24.1 Å². The standard InChI is InChI=1S/C12H16ClNO3/c1-17-8-12(16)14-6-5-11(15)9-3-2-4-10(13)7-9/h2-4,7,11,15H,5-6,8H2,1H3,(H,14,16). The maximum absolute atomic E-state index is 11.1. The van der Waals surface area contributed by atoms with E-state index in [-0.39, 0.29) is 12.5 Å². The van der Waals surface area contributed by atoms with Gasteiger partial charge in [-0.1, -0.05) is 23.7 Å². The van der Waals surface area contributed by atoms with Crippen molar-refractivity contribution < 1.29 is 14.6 Å². The van der Waals surface area contributed by atoms with E-state index < -0.39 is 6.10 Å². The monoisotopic (exact) mass is 257 g/mol. The molecule has 0 spiro atoms. The molecule has 1 atom stereocenters. The second-order valence-electron chi connectivity index (χ2n) is 3.64. The Morgan fingerprint density at radius 2 is 2.35 bits per heavy atom. The van der Waals surface area contributed by atoms with Crippen molar-refractivity contribution in [3.05, 3.63) is 34.9 Å². The molecule has 0 saturated heterocycles. The molecule has 2 N–H and O–H groups in total. The Bertz CT molecular complexity index is 371. The zero-order chi connectivity index (χ0) is 12.7. The second-order valence-corrected chi connectivity index (χ2v) is 4.08. The van der Waals surface area contributed by atoms with E-state index in [1.165, 1.54) is 7.11 Å². The minimum absolute atomic E-state index is 0.0350. The zero-order valence-electron chi connectivity index (χ0n) is 9.65. The maximum atomic E-state index is 11.1. The molecule has 0 aliphatic rings. The van der Waals surface area contributed by atoms with Gasteiger partial charge in [0, 0.05) is 18.7 Å². The van der Waals surface area contributed by atoms with Crippen LogP contribution in [-0.2, 0) is 9.53 Å². The fraction of sp³-hybridized carbons (Fsp3) is 0.417. The van der Waals surface area contributed by atoms with E-state index >= 15 is 0 Å². The van der Waals surface area contributed by atoms with Gasteiger partial charge in [-0.2, -0.15) is 0 Å². The lowest BCUT2D eigenvalue weighted by Crippen LogP contribution is -2.28. The third kappa shape index (κ3) is 5.17. The summed E-state index contributed by atoms with van der Waals surface area (Å²) < 4.78 is 4.67. The molecule has 1 unspecified atom stereocenters. The molecule has 0 heterocycles. The SMILES string of the molecule is COCC(=O)NCCC(O)c1cccc(Cl)c1. The Hall–Kier alpha value is -1.10. The van der Waals surface area contributed by atoms with Crippen molar-refractivity contribution >= 4 is 17.5 Å². The van der Waals surface area contributed by atoms with E-state index in [1.807, 2.05) is 0 Å². The van der Waals surface area contributed by atoms with Gasteiger partial charge in [-0.25, -0.2) is 0 Å². The largest absolute Gasteiger partial charge is 0.388 e. The molecular weight excluding hydrogens is 242 g/mol. The number of methoxy groups -OCH3 is 1. The van der Waals surface area contributed by atoms with Crippen molar-refractivity contribution in [2.24, 2.45) is 0 Å². The maximum Gasteiger partial charge on any atom is 0.245 e. The van der Waals surface area contributed by atoms with E-state index in [9.17, 15) is 9.90 Å². The van der Waals surface area contributed by atoms with Crippen molar-refractivity contribution in [2.75, 3.05) is 20.3 Å². The summed E-state index contributed by atoms with van der Waals surface area (Å²) in [5, 5.41) is 13.1. The number of carbonyl (C=O) groups is 1.